The summed E-state index contributed by atoms with van der Waals surface area (Å²) in [5, 5.41) is 11.6. The van der Waals surface area contributed by atoms with E-state index in [-0.39, 0.29) is 11.5 Å². The number of benzene rings is 1. The van der Waals surface area contributed by atoms with Crippen LogP contribution in [0.2, 0.25) is 0 Å². The number of nitrogens with one attached hydrogen (secondary N) is 1. The number of anilines is 1. The van der Waals surface area contributed by atoms with Crippen LogP contribution < -0.4 is 11.1 Å². The zero-order valence-corrected chi connectivity index (χ0v) is 9.73. The predicted molar refractivity (Wildman–Crippen MR) is 67.7 cm³/mol. The number of hydrogen-bond acceptors (Lipinski definition) is 3. The molecule has 0 spiro atoms. The van der Waals surface area contributed by atoms with Crippen molar-refractivity contribution in [3.63, 3.8) is 0 Å². The van der Waals surface area contributed by atoms with Crippen molar-refractivity contribution in [3.05, 3.63) is 35.4 Å². The molecule has 0 aromatic heterocycles. The van der Waals surface area contributed by atoms with Crippen molar-refractivity contribution in [1.29, 1.82) is 5.26 Å². The van der Waals surface area contributed by atoms with Gasteiger partial charge in [0.1, 0.15) is 11.6 Å². The van der Waals surface area contributed by atoms with Crippen LogP contribution in [0.1, 0.15) is 18.9 Å². The Morgan fingerprint density at radius 2 is 2.35 bits per heavy atom. The molecule has 0 unspecified atom stereocenters. The van der Waals surface area contributed by atoms with Crippen molar-refractivity contribution in [2.45, 2.75) is 13.3 Å². The molecule has 0 aliphatic heterocycles. The highest BCUT2D eigenvalue weighted by Crippen LogP contribution is 2.10. The van der Waals surface area contributed by atoms with Gasteiger partial charge >= 0.3 is 0 Å². The van der Waals surface area contributed by atoms with Gasteiger partial charge in [0.2, 0.25) is 0 Å². The third-order valence-electron chi connectivity index (χ3n) is 2.12. The monoisotopic (exact) mass is 229 g/mol. The van der Waals surface area contributed by atoms with Gasteiger partial charge in [-0.15, -0.1) is 0 Å². The Kier molecular flexibility index (Phi) is 4.77. The summed E-state index contributed by atoms with van der Waals surface area (Å²) in [5.41, 5.74) is 7.05. The highest BCUT2D eigenvalue weighted by molar-refractivity contribution is 6.01. The molecule has 1 aromatic rings. The van der Waals surface area contributed by atoms with Gasteiger partial charge in [0, 0.05) is 12.2 Å². The van der Waals surface area contributed by atoms with Gasteiger partial charge in [-0.05, 0) is 30.2 Å². The standard InChI is InChI=1S/C13H15N3O/c1-2-6-16-13(17)11(9-14)7-10-4-3-5-12(15)8-10/h3-5,7-8H,2,6,15H2,1H3,(H,16,17)/b11-7+. The molecule has 0 saturated carbocycles. The quantitative estimate of drug-likeness (QED) is 0.468. The van der Waals surface area contributed by atoms with Gasteiger partial charge in [0.05, 0.1) is 0 Å². The van der Waals surface area contributed by atoms with E-state index in [1.54, 1.807) is 24.3 Å². The van der Waals surface area contributed by atoms with Gasteiger partial charge in [-0.25, -0.2) is 0 Å². The minimum absolute atomic E-state index is 0.0871. The topological polar surface area (TPSA) is 78.9 Å². The molecule has 0 bridgehead atoms. The molecule has 0 fully saturated rings. The summed E-state index contributed by atoms with van der Waals surface area (Å²) in [6.07, 6.45) is 2.37. The number of nitrogens with zero attached hydrogens (tertiary/aromatic N) is 1. The van der Waals surface area contributed by atoms with Crippen molar-refractivity contribution in [3.8, 4) is 6.07 Å². The number of carbonyl (C=O) groups is 1. The Balaban J connectivity index is 2.87. The minimum Gasteiger partial charge on any atom is -0.399 e. The number of hydrogen-bond donors (Lipinski definition) is 2. The summed E-state index contributed by atoms with van der Waals surface area (Å²) in [6.45, 7) is 2.52. The van der Waals surface area contributed by atoms with Gasteiger partial charge in [0.25, 0.3) is 5.91 Å². The highest BCUT2D eigenvalue weighted by Gasteiger charge is 2.07. The molecule has 88 valence electrons. The molecule has 0 saturated heterocycles. The van der Waals surface area contributed by atoms with Crippen LogP contribution >= 0.6 is 0 Å². The highest BCUT2D eigenvalue weighted by atomic mass is 16.1. The number of nitrogens with two attached hydrogens (primary N) is 1. The summed E-state index contributed by atoms with van der Waals surface area (Å²) < 4.78 is 0. The van der Waals surface area contributed by atoms with Crippen molar-refractivity contribution < 1.29 is 4.79 Å². The predicted octanol–water partition coefficient (Wildman–Crippen LogP) is 1.70. The van der Waals surface area contributed by atoms with Crippen molar-refractivity contribution in [2.24, 2.45) is 0 Å². The fraction of sp³-hybridized carbons (Fsp3) is 0.231. The lowest BCUT2D eigenvalue weighted by Gasteiger charge is -2.02. The van der Waals surface area contributed by atoms with Crippen molar-refractivity contribution >= 4 is 17.7 Å². The number of nitrogen functional groups attached to an aromatic ring is 1. The first-order valence-electron chi connectivity index (χ1n) is 5.43. The zero-order valence-electron chi connectivity index (χ0n) is 9.73. The largest absolute Gasteiger partial charge is 0.399 e. The second-order valence-electron chi connectivity index (χ2n) is 3.60. The van der Waals surface area contributed by atoms with E-state index in [2.05, 4.69) is 5.32 Å². The number of rotatable bonds is 4. The third kappa shape index (κ3) is 3.99. The third-order valence-corrected chi connectivity index (χ3v) is 2.12. The maximum absolute atomic E-state index is 11.6. The fourth-order valence-corrected chi connectivity index (χ4v) is 1.30. The van der Waals surface area contributed by atoms with Crippen LogP contribution in [0.3, 0.4) is 0 Å². The SMILES string of the molecule is CCCNC(=O)/C(C#N)=C/c1cccc(N)c1. The van der Waals surface area contributed by atoms with Gasteiger partial charge in [-0.1, -0.05) is 19.1 Å². The zero-order chi connectivity index (χ0) is 12.7. The van der Waals surface area contributed by atoms with Crippen LogP contribution in [0.4, 0.5) is 5.69 Å². The first-order valence-corrected chi connectivity index (χ1v) is 5.43. The molecule has 4 nitrogen and oxygen atoms in total. The lowest BCUT2D eigenvalue weighted by molar-refractivity contribution is -0.117. The van der Waals surface area contributed by atoms with Crippen LogP contribution in [-0.4, -0.2) is 12.5 Å². The van der Waals surface area contributed by atoms with Crippen molar-refractivity contribution in [2.75, 3.05) is 12.3 Å². The first-order chi connectivity index (χ1) is 8.17. The van der Waals surface area contributed by atoms with E-state index in [4.69, 9.17) is 11.0 Å². The molecule has 1 rings (SSSR count). The van der Waals surface area contributed by atoms with E-state index in [1.165, 1.54) is 6.08 Å². The van der Waals surface area contributed by atoms with Crippen LogP contribution in [-0.2, 0) is 4.79 Å². The Morgan fingerprint density at radius 1 is 1.59 bits per heavy atom. The summed E-state index contributed by atoms with van der Waals surface area (Å²) in [4.78, 5) is 11.6. The summed E-state index contributed by atoms with van der Waals surface area (Å²) in [5.74, 6) is -0.350. The summed E-state index contributed by atoms with van der Waals surface area (Å²) >= 11 is 0. The van der Waals surface area contributed by atoms with Crippen LogP contribution in [0.15, 0.2) is 29.8 Å². The smallest absolute Gasteiger partial charge is 0.261 e. The Morgan fingerprint density at radius 3 is 2.94 bits per heavy atom. The van der Waals surface area contributed by atoms with E-state index in [0.29, 0.717) is 12.2 Å². The Bertz CT molecular complexity index is 472. The van der Waals surface area contributed by atoms with Gasteiger partial charge in [-0.3, -0.25) is 4.79 Å². The van der Waals surface area contributed by atoms with Crippen molar-refractivity contribution in [1.82, 2.24) is 5.32 Å². The van der Waals surface area contributed by atoms with Gasteiger partial charge < -0.3 is 11.1 Å². The molecule has 1 amide bonds. The number of amides is 1. The number of nitriles is 1. The lowest BCUT2D eigenvalue weighted by atomic mass is 10.1. The molecule has 17 heavy (non-hydrogen) atoms. The Labute approximate surface area is 101 Å². The second kappa shape index (κ2) is 6.33. The van der Waals surface area contributed by atoms with Crippen LogP contribution in [0.5, 0.6) is 0 Å². The average Bonchev–Trinajstić information content (AvgIpc) is 2.33. The second-order valence-corrected chi connectivity index (χ2v) is 3.60. The molecule has 0 radical (unpaired) electrons. The molecule has 0 aliphatic carbocycles. The normalized spacial score (nSPS) is 10.7. The molecular formula is C13H15N3O. The van der Waals surface area contributed by atoms with E-state index in [0.717, 1.165) is 12.0 Å². The van der Waals surface area contributed by atoms with E-state index in [1.807, 2.05) is 13.0 Å². The fourth-order valence-electron chi connectivity index (χ4n) is 1.30. The van der Waals surface area contributed by atoms with Crippen LogP contribution in [0.25, 0.3) is 6.08 Å². The number of carbonyl (C=O) groups excluding carboxylic acids is 1. The van der Waals surface area contributed by atoms with Gasteiger partial charge in [0.15, 0.2) is 0 Å². The summed E-state index contributed by atoms with van der Waals surface area (Å²) in [7, 11) is 0. The molecule has 4 heteroatoms. The minimum atomic E-state index is -0.350. The molecule has 0 atom stereocenters. The molecule has 0 heterocycles. The van der Waals surface area contributed by atoms with E-state index >= 15 is 0 Å². The first kappa shape index (κ1) is 12.8. The Hall–Kier alpha value is -2.28. The maximum atomic E-state index is 11.6. The maximum Gasteiger partial charge on any atom is 0.261 e. The van der Waals surface area contributed by atoms with Gasteiger partial charge in [-0.2, -0.15) is 5.26 Å². The van der Waals surface area contributed by atoms with Crippen LogP contribution in [0, 0.1) is 11.3 Å². The summed E-state index contributed by atoms with van der Waals surface area (Å²) in [6, 6.07) is 8.92. The molecule has 3 N–H and O–H groups in total. The van der Waals surface area contributed by atoms with E-state index < -0.39 is 0 Å². The molecule has 0 aliphatic rings. The molecule has 1 aromatic carbocycles. The average molecular weight is 229 g/mol. The lowest BCUT2D eigenvalue weighted by Crippen LogP contribution is -2.25. The molecular weight excluding hydrogens is 214 g/mol. The van der Waals surface area contributed by atoms with E-state index in [9.17, 15) is 4.79 Å².